The monoisotopic (exact) mass is 211 g/mol. The summed E-state index contributed by atoms with van der Waals surface area (Å²) in [6.45, 7) is 0.202. The summed E-state index contributed by atoms with van der Waals surface area (Å²) in [7, 11) is 3.37. The number of ether oxygens (including phenoxy) is 1. The molecule has 1 aromatic rings. The van der Waals surface area contributed by atoms with Gasteiger partial charge in [-0.05, 0) is 18.8 Å². The molecule has 3 N–H and O–H groups in total. The second-order valence-corrected chi connectivity index (χ2v) is 4.09. The van der Waals surface area contributed by atoms with Crippen molar-refractivity contribution in [2.75, 3.05) is 13.7 Å². The first-order valence-corrected chi connectivity index (χ1v) is 5.12. The maximum absolute atomic E-state index is 10.5. The van der Waals surface area contributed by atoms with Crippen molar-refractivity contribution < 1.29 is 9.84 Å². The maximum Gasteiger partial charge on any atom is 0.162 e. The zero-order valence-corrected chi connectivity index (χ0v) is 9.10. The molecule has 0 saturated heterocycles. The Balaban J connectivity index is 2.44. The molecule has 1 aliphatic rings. The molecule has 15 heavy (non-hydrogen) atoms. The van der Waals surface area contributed by atoms with Crippen LogP contribution in [0.15, 0.2) is 6.20 Å². The number of hydrogen-bond donors (Lipinski definition) is 2. The van der Waals surface area contributed by atoms with Gasteiger partial charge in [0, 0.05) is 13.6 Å². The highest BCUT2D eigenvalue weighted by atomic mass is 16.5. The molecular weight excluding hydrogens is 194 g/mol. The summed E-state index contributed by atoms with van der Waals surface area (Å²) in [6.07, 6.45) is 3.64. The molecular formula is C10H17N3O2. The lowest BCUT2D eigenvalue weighted by Gasteiger charge is -2.27. The second kappa shape index (κ2) is 3.50. The van der Waals surface area contributed by atoms with E-state index >= 15 is 0 Å². The summed E-state index contributed by atoms with van der Waals surface area (Å²) in [5.41, 5.74) is 5.39. The van der Waals surface area contributed by atoms with E-state index in [1.54, 1.807) is 25.0 Å². The zero-order chi connectivity index (χ0) is 11.1. The van der Waals surface area contributed by atoms with Crippen LogP contribution in [0.3, 0.4) is 0 Å². The van der Waals surface area contributed by atoms with Crippen LogP contribution in [0.4, 0.5) is 0 Å². The molecule has 84 valence electrons. The number of aromatic nitrogens is 2. The Kier molecular flexibility index (Phi) is 2.44. The third kappa shape index (κ3) is 1.52. The third-order valence-electron chi connectivity index (χ3n) is 3.10. The number of aryl methyl sites for hydroxylation is 1. The summed E-state index contributed by atoms with van der Waals surface area (Å²) in [6, 6.07) is 0. The lowest BCUT2D eigenvalue weighted by molar-refractivity contribution is 0.0120. The number of aliphatic hydroxyl groups is 1. The van der Waals surface area contributed by atoms with Crippen LogP contribution in [0, 0.1) is 5.92 Å². The Morgan fingerprint density at radius 3 is 2.87 bits per heavy atom. The molecule has 1 atom stereocenters. The van der Waals surface area contributed by atoms with Gasteiger partial charge >= 0.3 is 0 Å². The fraction of sp³-hybridized carbons (Fsp3) is 0.700. The van der Waals surface area contributed by atoms with Crippen LogP contribution in [0.25, 0.3) is 0 Å². The Morgan fingerprint density at radius 2 is 2.40 bits per heavy atom. The van der Waals surface area contributed by atoms with Gasteiger partial charge in [-0.2, -0.15) is 5.10 Å². The van der Waals surface area contributed by atoms with Gasteiger partial charge in [0.1, 0.15) is 11.3 Å². The first-order valence-electron chi connectivity index (χ1n) is 5.12. The van der Waals surface area contributed by atoms with Crippen molar-refractivity contribution >= 4 is 0 Å². The van der Waals surface area contributed by atoms with E-state index < -0.39 is 5.60 Å². The van der Waals surface area contributed by atoms with Crippen LogP contribution in [0.1, 0.15) is 18.5 Å². The minimum absolute atomic E-state index is 0.202. The molecule has 5 heteroatoms. The molecule has 0 aliphatic heterocycles. The van der Waals surface area contributed by atoms with E-state index in [1.165, 1.54) is 0 Å². The summed E-state index contributed by atoms with van der Waals surface area (Å²) < 4.78 is 6.84. The van der Waals surface area contributed by atoms with E-state index in [9.17, 15) is 5.11 Å². The molecule has 5 nitrogen and oxygen atoms in total. The SMILES string of the molecule is COc1cnn(C)c1C(O)(CN)C1CC1. The van der Waals surface area contributed by atoms with Crippen LogP contribution in [-0.4, -0.2) is 28.5 Å². The average molecular weight is 211 g/mol. The quantitative estimate of drug-likeness (QED) is 0.734. The van der Waals surface area contributed by atoms with Crippen LogP contribution in [-0.2, 0) is 12.6 Å². The summed E-state index contributed by atoms with van der Waals surface area (Å²) >= 11 is 0. The van der Waals surface area contributed by atoms with E-state index in [0.29, 0.717) is 11.4 Å². The fourth-order valence-corrected chi connectivity index (χ4v) is 2.08. The van der Waals surface area contributed by atoms with E-state index in [0.717, 1.165) is 12.8 Å². The van der Waals surface area contributed by atoms with Crippen molar-refractivity contribution in [2.45, 2.75) is 18.4 Å². The van der Waals surface area contributed by atoms with Gasteiger partial charge in [-0.25, -0.2) is 0 Å². The number of methoxy groups -OCH3 is 1. The average Bonchev–Trinajstić information content (AvgIpc) is 3.02. The predicted octanol–water partition coefficient (Wildman–Crippen LogP) is -0.0150. The third-order valence-corrected chi connectivity index (χ3v) is 3.10. The second-order valence-electron chi connectivity index (χ2n) is 4.09. The van der Waals surface area contributed by atoms with Gasteiger partial charge in [-0.15, -0.1) is 0 Å². The van der Waals surface area contributed by atoms with Gasteiger partial charge in [0.15, 0.2) is 5.75 Å². The largest absolute Gasteiger partial charge is 0.493 e. The van der Waals surface area contributed by atoms with Crippen LogP contribution in [0.2, 0.25) is 0 Å². The molecule has 1 fully saturated rings. The first kappa shape index (κ1) is 10.4. The van der Waals surface area contributed by atoms with Crippen LogP contribution < -0.4 is 10.5 Å². The van der Waals surface area contributed by atoms with E-state index in [-0.39, 0.29) is 12.5 Å². The van der Waals surface area contributed by atoms with E-state index in [1.807, 2.05) is 0 Å². The van der Waals surface area contributed by atoms with Crippen LogP contribution in [0.5, 0.6) is 5.75 Å². The standard InChI is InChI=1S/C10H17N3O2/c1-13-9(8(15-2)5-12-13)10(14,6-11)7-3-4-7/h5,7,14H,3-4,6,11H2,1-2H3. The number of rotatable bonds is 4. The molecule has 1 unspecified atom stereocenters. The number of hydrogen-bond acceptors (Lipinski definition) is 4. The minimum Gasteiger partial charge on any atom is -0.493 e. The Morgan fingerprint density at radius 1 is 1.73 bits per heavy atom. The van der Waals surface area contributed by atoms with Crippen LogP contribution >= 0.6 is 0 Å². The van der Waals surface area contributed by atoms with Gasteiger partial charge in [-0.3, -0.25) is 4.68 Å². The molecule has 0 amide bonds. The van der Waals surface area contributed by atoms with Gasteiger partial charge < -0.3 is 15.6 Å². The first-order chi connectivity index (χ1) is 7.13. The van der Waals surface area contributed by atoms with Crippen molar-refractivity contribution in [1.29, 1.82) is 0 Å². The summed E-state index contributed by atoms with van der Waals surface area (Å²) in [5, 5.41) is 14.6. The smallest absolute Gasteiger partial charge is 0.162 e. The molecule has 2 rings (SSSR count). The van der Waals surface area contributed by atoms with Crippen molar-refractivity contribution in [3.05, 3.63) is 11.9 Å². The van der Waals surface area contributed by atoms with Crippen molar-refractivity contribution in [1.82, 2.24) is 9.78 Å². The topological polar surface area (TPSA) is 73.3 Å². The highest BCUT2D eigenvalue weighted by Gasteiger charge is 2.47. The van der Waals surface area contributed by atoms with Gasteiger partial charge in [0.05, 0.1) is 13.3 Å². The number of nitrogens with two attached hydrogens (primary N) is 1. The fourth-order valence-electron chi connectivity index (χ4n) is 2.08. The zero-order valence-electron chi connectivity index (χ0n) is 9.10. The molecule has 0 radical (unpaired) electrons. The molecule has 0 bridgehead atoms. The van der Waals surface area contributed by atoms with Gasteiger partial charge in [0.2, 0.25) is 0 Å². The Bertz CT molecular complexity index is 360. The van der Waals surface area contributed by atoms with Crippen molar-refractivity contribution in [3.8, 4) is 5.75 Å². The maximum atomic E-state index is 10.5. The van der Waals surface area contributed by atoms with Gasteiger partial charge in [-0.1, -0.05) is 0 Å². The Hall–Kier alpha value is -1.07. The number of nitrogens with zero attached hydrogens (tertiary/aromatic N) is 2. The van der Waals surface area contributed by atoms with Gasteiger partial charge in [0.25, 0.3) is 0 Å². The highest BCUT2D eigenvalue weighted by Crippen LogP contribution is 2.47. The van der Waals surface area contributed by atoms with E-state index in [2.05, 4.69) is 5.10 Å². The highest BCUT2D eigenvalue weighted by molar-refractivity contribution is 5.32. The minimum atomic E-state index is -0.989. The Labute approximate surface area is 88.8 Å². The predicted molar refractivity (Wildman–Crippen MR) is 55.4 cm³/mol. The molecule has 1 heterocycles. The van der Waals surface area contributed by atoms with Crippen molar-refractivity contribution in [3.63, 3.8) is 0 Å². The summed E-state index contributed by atoms with van der Waals surface area (Å²) in [5.74, 6) is 0.851. The molecule has 1 saturated carbocycles. The molecule has 0 aromatic carbocycles. The summed E-state index contributed by atoms with van der Waals surface area (Å²) in [4.78, 5) is 0. The normalized spacial score (nSPS) is 20.0. The van der Waals surface area contributed by atoms with E-state index in [4.69, 9.17) is 10.5 Å². The molecule has 1 aromatic heterocycles. The van der Waals surface area contributed by atoms with Crippen molar-refractivity contribution in [2.24, 2.45) is 18.7 Å². The lowest BCUT2D eigenvalue weighted by Crippen LogP contribution is -2.39. The molecule has 1 aliphatic carbocycles. The lowest BCUT2D eigenvalue weighted by atomic mass is 9.93. The molecule has 0 spiro atoms.